The number of carbonyl (C=O) groups is 1. The molecule has 6 nitrogen and oxygen atoms in total. The highest BCUT2D eigenvalue weighted by molar-refractivity contribution is 5.90. The van der Waals surface area contributed by atoms with Crippen LogP contribution in [0.1, 0.15) is 56.0 Å². The molecule has 3 rings (SSSR count). The fourth-order valence-corrected chi connectivity index (χ4v) is 3.03. The zero-order valence-electron chi connectivity index (χ0n) is 17.4. The molecule has 1 aliphatic rings. The van der Waals surface area contributed by atoms with Crippen molar-refractivity contribution >= 4 is 23.0 Å². The van der Waals surface area contributed by atoms with Gasteiger partial charge in [0.25, 0.3) is 0 Å². The molecule has 1 unspecified atom stereocenters. The van der Waals surface area contributed by atoms with E-state index in [4.69, 9.17) is 19.9 Å². The summed E-state index contributed by atoms with van der Waals surface area (Å²) < 4.78 is 16.8. The van der Waals surface area contributed by atoms with E-state index in [1.807, 2.05) is 51.1 Å². The largest absolute Gasteiger partial charge is 0.456 e. The Balaban J connectivity index is 1.57. The second kappa shape index (κ2) is 9.29. The van der Waals surface area contributed by atoms with Gasteiger partial charge in [-0.3, -0.25) is 0 Å². The summed E-state index contributed by atoms with van der Waals surface area (Å²) in [5.41, 5.74) is 9.46. The smallest absolute Gasteiger partial charge is 0.338 e. The Labute approximate surface area is 172 Å². The summed E-state index contributed by atoms with van der Waals surface area (Å²) in [7, 11) is 0. The van der Waals surface area contributed by atoms with E-state index >= 15 is 0 Å². The van der Waals surface area contributed by atoms with E-state index in [0.29, 0.717) is 17.9 Å². The normalized spacial score (nSPS) is 17.0. The molecule has 0 amide bonds. The molecule has 1 aliphatic heterocycles. The van der Waals surface area contributed by atoms with Crippen molar-refractivity contribution in [1.29, 1.82) is 0 Å². The molecule has 0 aliphatic carbocycles. The van der Waals surface area contributed by atoms with Crippen molar-refractivity contribution in [3.8, 4) is 0 Å². The lowest BCUT2D eigenvalue weighted by atomic mass is 10.1. The first kappa shape index (κ1) is 21.1. The standard InChI is InChI=1S/C23H30N2O4/c1-23(2,3)29-22(26)17-8-10-18(11-9-17)25-20-12-7-16(14-19(20)24)15-28-21-6-4-5-13-27-21/h7-12,14,21,25H,4-6,13,15,24H2,1-3H3. The van der Waals surface area contributed by atoms with Crippen LogP contribution < -0.4 is 11.1 Å². The minimum atomic E-state index is -0.517. The van der Waals surface area contributed by atoms with Gasteiger partial charge in [0.2, 0.25) is 0 Å². The fourth-order valence-electron chi connectivity index (χ4n) is 3.03. The van der Waals surface area contributed by atoms with Gasteiger partial charge in [-0.2, -0.15) is 0 Å². The molecule has 2 aromatic carbocycles. The van der Waals surface area contributed by atoms with Crippen LogP contribution in [-0.2, 0) is 20.8 Å². The topological polar surface area (TPSA) is 82.8 Å². The van der Waals surface area contributed by atoms with E-state index in [1.54, 1.807) is 12.1 Å². The number of ether oxygens (including phenoxy) is 3. The Morgan fingerprint density at radius 2 is 1.93 bits per heavy atom. The lowest BCUT2D eigenvalue weighted by molar-refractivity contribution is -0.168. The molecule has 1 fully saturated rings. The molecule has 0 spiro atoms. The van der Waals surface area contributed by atoms with E-state index in [1.165, 1.54) is 0 Å². The predicted octanol–water partition coefficient (Wildman–Crippen LogP) is 5.01. The lowest BCUT2D eigenvalue weighted by Crippen LogP contribution is -2.23. The zero-order valence-corrected chi connectivity index (χ0v) is 17.4. The summed E-state index contributed by atoms with van der Waals surface area (Å²) >= 11 is 0. The molecule has 29 heavy (non-hydrogen) atoms. The Morgan fingerprint density at radius 1 is 1.17 bits per heavy atom. The summed E-state index contributed by atoms with van der Waals surface area (Å²) in [6.07, 6.45) is 3.06. The van der Waals surface area contributed by atoms with Gasteiger partial charge in [-0.05, 0) is 82.0 Å². The van der Waals surface area contributed by atoms with Gasteiger partial charge in [0.15, 0.2) is 6.29 Å². The number of rotatable bonds is 6. The summed E-state index contributed by atoms with van der Waals surface area (Å²) in [6, 6.07) is 12.9. The molecule has 1 heterocycles. The maximum absolute atomic E-state index is 12.1. The minimum Gasteiger partial charge on any atom is -0.456 e. The van der Waals surface area contributed by atoms with Gasteiger partial charge in [0.05, 0.1) is 23.5 Å². The van der Waals surface area contributed by atoms with Gasteiger partial charge in [-0.1, -0.05) is 6.07 Å². The number of nitrogens with one attached hydrogen (secondary N) is 1. The van der Waals surface area contributed by atoms with Crippen LogP contribution in [0.2, 0.25) is 0 Å². The summed E-state index contributed by atoms with van der Waals surface area (Å²) in [5, 5.41) is 3.28. The molecular formula is C23H30N2O4. The van der Waals surface area contributed by atoms with E-state index in [-0.39, 0.29) is 12.3 Å². The molecule has 6 heteroatoms. The SMILES string of the molecule is CC(C)(C)OC(=O)c1ccc(Nc2ccc(COC3CCCCO3)cc2N)cc1. The van der Waals surface area contributed by atoms with Crippen LogP contribution in [0, 0.1) is 0 Å². The monoisotopic (exact) mass is 398 g/mol. The molecule has 0 bridgehead atoms. The Kier molecular flexibility index (Phi) is 6.77. The van der Waals surface area contributed by atoms with Crippen molar-refractivity contribution in [1.82, 2.24) is 0 Å². The van der Waals surface area contributed by atoms with E-state index in [0.717, 1.165) is 42.8 Å². The van der Waals surface area contributed by atoms with Gasteiger partial charge in [0, 0.05) is 12.3 Å². The van der Waals surface area contributed by atoms with Crippen LogP contribution in [-0.4, -0.2) is 24.5 Å². The van der Waals surface area contributed by atoms with Gasteiger partial charge >= 0.3 is 5.97 Å². The van der Waals surface area contributed by atoms with Gasteiger partial charge in [-0.25, -0.2) is 4.79 Å². The molecule has 0 radical (unpaired) electrons. The number of hydrogen-bond acceptors (Lipinski definition) is 6. The van der Waals surface area contributed by atoms with Crippen LogP contribution in [0.5, 0.6) is 0 Å². The number of hydrogen-bond donors (Lipinski definition) is 2. The summed E-state index contributed by atoms with van der Waals surface area (Å²) in [6.45, 7) is 6.78. The van der Waals surface area contributed by atoms with Gasteiger partial charge in [-0.15, -0.1) is 0 Å². The number of benzene rings is 2. The summed E-state index contributed by atoms with van der Waals surface area (Å²) in [4.78, 5) is 12.1. The second-order valence-corrected chi connectivity index (χ2v) is 8.23. The number of esters is 1. The first-order valence-corrected chi connectivity index (χ1v) is 10.0. The highest BCUT2D eigenvalue weighted by atomic mass is 16.7. The van der Waals surface area contributed by atoms with E-state index in [9.17, 15) is 4.79 Å². The van der Waals surface area contributed by atoms with Crippen LogP contribution in [0.25, 0.3) is 0 Å². The molecule has 1 atom stereocenters. The maximum Gasteiger partial charge on any atom is 0.338 e. The number of nitrogens with two attached hydrogens (primary N) is 1. The van der Waals surface area contributed by atoms with Crippen molar-refractivity contribution < 1.29 is 19.0 Å². The minimum absolute atomic E-state index is 0.119. The Morgan fingerprint density at radius 3 is 2.55 bits per heavy atom. The van der Waals surface area contributed by atoms with Gasteiger partial charge in [0.1, 0.15) is 5.60 Å². The number of anilines is 3. The average molecular weight is 399 g/mol. The third-order valence-corrected chi connectivity index (χ3v) is 4.49. The van der Waals surface area contributed by atoms with Crippen molar-refractivity contribution in [2.75, 3.05) is 17.7 Å². The number of nitrogen functional groups attached to an aromatic ring is 1. The Hall–Kier alpha value is -2.57. The molecule has 0 saturated carbocycles. The third-order valence-electron chi connectivity index (χ3n) is 4.49. The first-order chi connectivity index (χ1) is 13.8. The Bertz CT molecular complexity index is 822. The highest BCUT2D eigenvalue weighted by Gasteiger charge is 2.18. The second-order valence-electron chi connectivity index (χ2n) is 8.23. The molecule has 156 valence electrons. The number of carbonyl (C=O) groups excluding carboxylic acids is 1. The average Bonchev–Trinajstić information content (AvgIpc) is 2.68. The van der Waals surface area contributed by atoms with Crippen LogP contribution in [0.15, 0.2) is 42.5 Å². The quantitative estimate of drug-likeness (QED) is 0.526. The van der Waals surface area contributed by atoms with E-state index < -0.39 is 5.60 Å². The van der Waals surface area contributed by atoms with E-state index in [2.05, 4.69) is 5.32 Å². The zero-order chi connectivity index (χ0) is 20.9. The van der Waals surface area contributed by atoms with Crippen molar-refractivity contribution in [2.45, 2.75) is 58.5 Å². The van der Waals surface area contributed by atoms with Crippen molar-refractivity contribution in [3.05, 3.63) is 53.6 Å². The predicted molar refractivity (Wildman–Crippen MR) is 114 cm³/mol. The molecule has 3 N–H and O–H groups in total. The maximum atomic E-state index is 12.1. The van der Waals surface area contributed by atoms with Crippen LogP contribution in [0.3, 0.4) is 0 Å². The highest BCUT2D eigenvalue weighted by Crippen LogP contribution is 2.26. The molecule has 0 aromatic heterocycles. The van der Waals surface area contributed by atoms with Crippen molar-refractivity contribution in [2.24, 2.45) is 0 Å². The summed E-state index contributed by atoms with van der Waals surface area (Å²) in [5.74, 6) is -0.338. The first-order valence-electron chi connectivity index (χ1n) is 10.0. The van der Waals surface area contributed by atoms with Crippen LogP contribution >= 0.6 is 0 Å². The van der Waals surface area contributed by atoms with Gasteiger partial charge < -0.3 is 25.3 Å². The molecular weight excluding hydrogens is 368 g/mol. The van der Waals surface area contributed by atoms with Crippen molar-refractivity contribution in [3.63, 3.8) is 0 Å². The third kappa shape index (κ3) is 6.48. The molecule has 1 saturated heterocycles. The van der Waals surface area contributed by atoms with Crippen LogP contribution in [0.4, 0.5) is 17.1 Å². The molecule has 2 aromatic rings. The fraction of sp³-hybridized carbons (Fsp3) is 0.435. The lowest BCUT2D eigenvalue weighted by Gasteiger charge is -2.22.